The van der Waals surface area contributed by atoms with Gasteiger partial charge >= 0.3 is 25.7 Å². The highest BCUT2D eigenvalue weighted by Gasteiger charge is 2.28. The smallest absolute Gasteiger partial charge is 0.462 e. The van der Waals surface area contributed by atoms with E-state index in [2.05, 4.69) is 130 Å². The predicted octanol–water partition coefficient (Wildman–Crippen LogP) is 19.4. The molecule has 11 nitrogen and oxygen atoms in total. The minimum Gasteiger partial charge on any atom is -0.462 e. The molecule has 0 aliphatic heterocycles. The SMILES string of the molecule is CC/C=C\C/C=C\C/C=C\C/C=C\CCCCCCCCC(=O)OC(CO)COP(=O)(O)OCC(COC(=O)CCCCCCC/C=C\CCCCCCCC)OC(=O)CCCCCCCC/C=C\C/C=C\C/C=C\C/C=C\CC. The summed E-state index contributed by atoms with van der Waals surface area (Å²) in [5.74, 6) is -1.51. The van der Waals surface area contributed by atoms with Gasteiger partial charge in [-0.05, 0) is 122 Å². The molecule has 458 valence electrons. The maximum absolute atomic E-state index is 13.0. The van der Waals surface area contributed by atoms with Crippen molar-refractivity contribution in [2.24, 2.45) is 0 Å². The number of allylic oxidation sites excluding steroid dienone is 18. The Morgan fingerprint density at radius 2 is 0.650 bits per heavy atom. The Balaban J connectivity index is 4.74. The lowest BCUT2D eigenvalue weighted by Crippen LogP contribution is -2.30. The van der Waals surface area contributed by atoms with Crippen LogP contribution in [0.4, 0.5) is 0 Å². The highest BCUT2D eigenvalue weighted by Crippen LogP contribution is 2.43. The molecule has 0 aliphatic rings. The van der Waals surface area contributed by atoms with Crippen molar-refractivity contribution >= 4 is 25.7 Å². The zero-order chi connectivity index (χ0) is 58.3. The molecule has 0 saturated heterocycles. The third-order valence-corrected chi connectivity index (χ3v) is 14.1. The standard InChI is InChI=1S/C68H115O11P/c1-4-7-10-13-16-19-22-25-28-30-32-34-37-40-43-46-49-52-55-58-67(71)78-64(60-69)62-76-80(73,74)77-63-65(61-75-66(70)57-54-51-48-45-42-39-36-27-24-21-18-15-12-9-6-3)79-68(72)59-56-53-50-47-44-41-38-35-33-31-29-26-23-20-17-14-11-8-5-2/h7-8,10-11,16-17,19-20,25-29,32-36,64-65,69H,4-6,9,12-15,18,21-24,30-31,37-63H2,1-3H3,(H,73,74)/b10-7-,11-8-,19-16-,20-17-,28-25-,29-26-,34-32-,35-33-,36-27-. The average Bonchev–Trinajstić information content (AvgIpc) is 3.45. The average molecular weight is 1140 g/mol. The van der Waals surface area contributed by atoms with E-state index >= 15 is 0 Å². The van der Waals surface area contributed by atoms with Gasteiger partial charge in [0, 0.05) is 19.3 Å². The molecule has 0 aromatic rings. The molecule has 0 spiro atoms. The van der Waals surface area contributed by atoms with Crippen LogP contribution in [0.5, 0.6) is 0 Å². The van der Waals surface area contributed by atoms with E-state index < -0.39 is 57.8 Å². The lowest BCUT2D eigenvalue weighted by molar-refractivity contribution is -0.161. The Labute approximate surface area is 488 Å². The first-order chi connectivity index (χ1) is 39.2. The van der Waals surface area contributed by atoms with Gasteiger partial charge in [0.05, 0.1) is 19.8 Å². The van der Waals surface area contributed by atoms with Crippen molar-refractivity contribution in [1.29, 1.82) is 0 Å². The van der Waals surface area contributed by atoms with Crippen LogP contribution in [0.3, 0.4) is 0 Å². The summed E-state index contributed by atoms with van der Waals surface area (Å²) >= 11 is 0. The normalized spacial score (nSPS) is 14.0. The summed E-state index contributed by atoms with van der Waals surface area (Å²) in [6.07, 6.45) is 74.6. The predicted molar refractivity (Wildman–Crippen MR) is 334 cm³/mol. The molecule has 3 atom stereocenters. The number of hydrogen-bond acceptors (Lipinski definition) is 10. The van der Waals surface area contributed by atoms with Gasteiger partial charge in [-0.15, -0.1) is 0 Å². The van der Waals surface area contributed by atoms with Gasteiger partial charge in [-0.25, -0.2) is 4.57 Å². The fourth-order valence-corrected chi connectivity index (χ4v) is 9.18. The lowest BCUT2D eigenvalue weighted by atomic mass is 10.1. The van der Waals surface area contributed by atoms with Gasteiger partial charge in [-0.1, -0.05) is 233 Å². The zero-order valence-electron chi connectivity index (χ0n) is 50.8. The van der Waals surface area contributed by atoms with E-state index in [4.69, 9.17) is 23.3 Å². The van der Waals surface area contributed by atoms with E-state index in [-0.39, 0.29) is 25.9 Å². The van der Waals surface area contributed by atoms with Crippen LogP contribution in [0, 0.1) is 0 Å². The Morgan fingerprint density at radius 1 is 0.362 bits per heavy atom. The van der Waals surface area contributed by atoms with Crippen LogP contribution in [0.2, 0.25) is 0 Å². The molecule has 0 amide bonds. The monoisotopic (exact) mass is 1140 g/mol. The molecule has 0 aromatic heterocycles. The first kappa shape index (κ1) is 76.1. The van der Waals surface area contributed by atoms with Crippen molar-refractivity contribution in [2.45, 2.75) is 277 Å². The van der Waals surface area contributed by atoms with E-state index in [9.17, 15) is 28.9 Å². The Hall–Kier alpha value is -3.86. The Morgan fingerprint density at radius 3 is 1.01 bits per heavy atom. The van der Waals surface area contributed by atoms with Crippen LogP contribution < -0.4 is 0 Å². The van der Waals surface area contributed by atoms with Crippen LogP contribution in [-0.4, -0.2) is 66.5 Å². The quantitative estimate of drug-likeness (QED) is 0.0197. The van der Waals surface area contributed by atoms with Gasteiger partial charge in [0.15, 0.2) is 6.10 Å². The maximum Gasteiger partial charge on any atom is 0.472 e. The minimum absolute atomic E-state index is 0.144. The number of hydrogen-bond donors (Lipinski definition) is 2. The number of phosphoric acid groups is 1. The van der Waals surface area contributed by atoms with E-state index in [1.54, 1.807) is 0 Å². The second-order valence-electron chi connectivity index (χ2n) is 20.8. The molecule has 0 bridgehead atoms. The number of carbonyl (C=O) groups excluding carboxylic acids is 3. The summed E-state index contributed by atoms with van der Waals surface area (Å²) in [6, 6.07) is 0. The van der Waals surface area contributed by atoms with Crippen molar-refractivity contribution in [2.75, 3.05) is 26.4 Å². The first-order valence-corrected chi connectivity index (χ1v) is 33.3. The number of phosphoric ester groups is 1. The van der Waals surface area contributed by atoms with Crippen LogP contribution in [0.15, 0.2) is 109 Å². The fraction of sp³-hybridized carbons (Fsp3) is 0.691. The molecule has 0 aliphatic carbocycles. The molecule has 80 heavy (non-hydrogen) atoms. The number of carbonyl (C=O) groups is 3. The van der Waals surface area contributed by atoms with Crippen molar-refractivity contribution in [1.82, 2.24) is 0 Å². The zero-order valence-corrected chi connectivity index (χ0v) is 51.7. The summed E-state index contributed by atoms with van der Waals surface area (Å²) in [6.45, 7) is 4.39. The van der Waals surface area contributed by atoms with E-state index in [0.717, 1.165) is 167 Å². The topological polar surface area (TPSA) is 155 Å². The largest absolute Gasteiger partial charge is 0.472 e. The summed E-state index contributed by atoms with van der Waals surface area (Å²) in [4.78, 5) is 48.7. The van der Waals surface area contributed by atoms with Crippen LogP contribution in [-0.2, 0) is 42.2 Å². The number of aliphatic hydroxyl groups excluding tert-OH is 1. The molecule has 0 heterocycles. The number of rotatable bonds is 58. The molecule has 0 aromatic carbocycles. The summed E-state index contributed by atoms with van der Waals surface area (Å²) < 4.78 is 39.7. The number of esters is 3. The molecular formula is C68H115O11P. The Kier molecular flexibility index (Phi) is 58.3. The van der Waals surface area contributed by atoms with Gasteiger partial charge < -0.3 is 24.2 Å². The summed E-state index contributed by atoms with van der Waals surface area (Å²) in [5, 5.41) is 9.86. The van der Waals surface area contributed by atoms with Gasteiger partial charge in [-0.3, -0.25) is 23.4 Å². The molecule has 3 unspecified atom stereocenters. The van der Waals surface area contributed by atoms with E-state index in [0.29, 0.717) is 19.3 Å². The fourth-order valence-electron chi connectivity index (χ4n) is 8.39. The van der Waals surface area contributed by atoms with Gasteiger partial charge in [0.1, 0.15) is 12.7 Å². The number of ether oxygens (including phenoxy) is 3. The van der Waals surface area contributed by atoms with Crippen molar-refractivity contribution in [3.05, 3.63) is 109 Å². The second-order valence-corrected chi connectivity index (χ2v) is 22.3. The molecular weight excluding hydrogens is 1020 g/mol. The molecule has 0 fully saturated rings. The molecule has 0 rings (SSSR count). The van der Waals surface area contributed by atoms with Gasteiger partial charge in [0.2, 0.25) is 0 Å². The van der Waals surface area contributed by atoms with Crippen molar-refractivity contribution in [3.8, 4) is 0 Å². The van der Waals surface area contributed by atoms with Crippen molar-refractivity contribution < 1.29 is 52.2 Å². The summed E-state index contributed by atoms with van der Waals surface area (Å²) in [5.41, 5.74) is 0. The molecule has 12 heteroatoms. The first-order valence-electron chi connectivity index (χ1n) is 31.8. The lowest BCUT2D eigenvalue weighted by Gasteiger charge is -2.21. The molecule has 0 saturated carbocycles. The van der Waals surface area contributed by atoms with Crippen molar-refractivity contribution in [3.63, 3.8) is 0 Å². The van der Waals surface area contributed by atoms with Crippen LogP contribution >= 0.6 is 7.82 Å². The highest BCUT2D eigenvalue weighted by molar-refractivity contribution is 7.47. The van der Waals surface area contributed by atoms with E-state index in [1.807, 2.05) is 0 Å². The third-order valence-electron chi connectivity index (χ3n) is 13.2. The number of unbranched alkanes of at least 4 members (excludes halogenated alkanes) is 23. The molecule has 0 radical (unpaired) electrons. The van der Waals surface area contributed by atoms with Crippen LogP contribution in [0.1, 0.15) is 265 Å². The van der Waals surface area contributed by atoms with Gasteiger partial charge in [0.25, 0.3) is 0 Å². The Bertz CT molecular complexity index is 1760. The third kappa shape index (κ3) is 58.8. The maximum atomic E-state index is 13.0. The summed E-state index contributed by atoms with van der Waals surface area (Å²) in [7, 11) is -4.77. The van der Waals surface area contributed by atoms with Gasteiger partial charge in [-0.2, -0.15) is 0 Å². The highest BCUT2D eigenvalue weighted by atomic mass is 31.2. The van der Waals surface area contributed by atoms with Crippen LogP contribution in [0.25, 0.3) is 0 Å². The minimum atomic E-state index is -4.77. The molecule has 2 N–H and O–H groups in total. The second kappa shape index (κ2) is 61.2. The number of aliphatic hydroxyl groups is 1. The van der Waals surface area contributed by atoms with E-state index in [1.165, 1.54) is 38.5 Å².